The molecule has 1 saturated heterocycles. The summed E-state index contributed by atoms with van der Waals surface area (Å²) in [5.41, 5.74) is 0.0474. The van der Waals surface area contributed by atoms with Gasteiger partial charge in [0.2, 0.25) is 0 Å². The van der Waals surface area contributed by atoms with Crippen molar-refractivity contribution in [2.24, 2.45) is 0 Å². The van der Waals surface area contributed by atoms with Crippen LogP contribution in [0.2, 0.25) is 0 Å². The molecule has 1 N–H and O–H groups in total. The van der Waals surface area contributed by atoms with Gasteiger partial charge in [0.15, 0.2) is 5.65 Å². The number of hydrogen-bond acceptors (Lipinski definition) is 6. The summed E-state index contributed by atoms with van der Waals surface area (Å²) in [6.07, 6.45) is -3.00. The lowest BCUT2D eigenvalue weighted by atomic mass is 10.1. The molecule has 0 aliphatic carbocycles. The summed E-state index contributed by atoms with van der Waals surface area (Å²) < 4.78 is 44.9. The SMILES string of the molecule is OCCOC1CCCN(c2ccc3nnc(C(F)(F)F)n3n2)C1. The molecular weight excluding hydrogens is 315 g/mol. The summed E-state index contributed by atoms with van der Waals surface area (Å²) in [6.45, 7) is 1.38. The van der Waals surface area contributed by atoms with Crippen LogP contribution in [-0.2, 0) is 10.9 Å². The molecule has 2 aromatic rings. The molecule has 126 valence electrons. The number of rotatable bonds is 4. The van der Waals surface area contributed by atoms with Gasteiger partial charge in [0.25, 0.3) is 5.82 Å². The first-order valence-electron chi connectivity index (χ1n) is 7.26. The Labute approximate surface area is 129 Å². The smallest absolute Gasteiger partial charge is 0.394 e. The molecule has 23 heavy (non-hydrogen) atoms. The van der Waals surface area contributed by atoms with Gasteiger partial charge in [-0.1, -0.05) is 0 Å². The van der Waals surface area contributed by atoms with Crippen molar-refractivity contribution in [1.29, 1.82) is 0 Å². The molecule has 1 fully saturated rings. The standard InChI is InChI=1S/C13H16F3N5O2/c14-13(15,16)12-18-17-10-3-4-11(19-21(10)12)20-5-1-2-9(8-20)23-7-6-22/h3-4,9,22H,1-2,5-8H2. The molecule has 1 aliphatic heterocycles. The zero-order valence-electron chi connectivity index (χ0n) is 12.2. The van der Waals surface area contributed by atoms with Gasteiger partial charge in [-0.05, 0) is 25.0 Å². The number of halogens is 3. The molecule has 0 amide bonds. The predicted octanol–water partition coefficient (Wildman–Crippen LogP) is 1.12. The molecular formula is C13H16F3N5O2. The third kappa shape index (κ3) is 3.37. The maximum Gasteiger partial charge on any atom is 0.453 e. The van der Waals surface area contributed by atoms with E-state index in [0.29, 0.717) is 23.4 Å². The number of aliphatic hydroxyl groups is 1. The van der Waals surface area contributed by atoms with Crippen molar-refractivity contribution in [3.05, 3.63) is 18.0 Å². The van der Waals surface area contributed by atoms with Crippen LogP contribution >= 0.6 is 0 Å². The van der Waals surface area contributed by atoms with Crippen molar-refractivity contribution in [3.8, 4) is 0 Å². The second-order valence-electron chi connectivity index (χ2n) is 5.29. The number of aliphatic hydroxyl groups excluding tert-OH is 1. The van der Waals surface area contributed by atoms with Crippen LogP contribution in [0.1, 0.15) is 18.7 Å². The molecule has 0 bridgehead atoms. The number of anilines is 1. The molecule has 1 atom stereocenters. The lowest BCUT2D eigenvalue weighted by Gasteiger charge is -2.33. The summed E-state index contributed by atoms with van der Waals surface area (Å²) in [5, 5.41) is 19.5. The second kappa shape index (κ2) is 6.28. The largest absolute Gasteiger partial charge is 0.453 e. The third-order valence-electron chi connectivity index (χ3n) is 3.65. The molecule has 7 nitrogen and oxygen atoms in total. The van der Waals surface area contributed by atoms with Crippen LogP contribution in [0.4, 0.5) is 19.0 Å². The minimum atomic E-state index is -4.61. The van der Waals surface area contributed by atoms with E-state index in [1.807, 2.05) is 4.90 Å². The van der Waals surface area contributed by atoms with Gasteiger partial charge in [-0.15, -0.1) is 15.3 Å². The summed E-state index contributed by atoms with van der Waals surface area (Å²) in [4.78, 5) is 1.87. The van der Waals surface area contributed by atoms with Gasteiger partial charge < -0.3 is 14.7 Å². The Balaban J connectivity index is 1.85. The fourth-order valence-corrected chi connectivity index (χ4v) is 2.63. The number of piperidine rings is 1. The van der Waals surface area contributed by atoms with Gasteiger partial charge >= 0.3 is 6.18 Å². The highest BCUT2D eigenvalue weighted by atomic mass is 19.4. The molecule has 0 radical (unpaired) electrons. The number of hydrogen-bond donors (Lipinski definition) is 1. The van der Waals surface area contributed by atoms with Crippen molar-refractivity contribution in [2.75, 3.05) is 31.2 Å². The Morgan fingerprint density at radius 2 is 2.13 bits per heavy atom. The van der Waals surface area contributed by atoms with Crippen molar-refractivity contribution in [3.63, 3.8) is 0 Å². The highest BCUT2D eigenvalue weighted by molar-refractivity contribution is 5.46. The first kappa shape index (κ1) is 15.9. The van der Waals surface area contributed by atoms with E-state index in [9.17, 15) is 13.2 Å². The van der Waals surface area contributed by atoms with Crippen LogP contribution < -0.4 is 4.90 Å². The first-order valence-corrected chi connectivity index (χ1v) is 7.26. The van der Waals surface area contributed by atoms with Crippen molar-refractivity contribution in [1.82, 2.24) is 19.8 Å². The van der Waals surface area contributed by atoms with Gasteiger partial charge in [-0.2, -0.15) is 17.7 Å². The van der Waals surface area contributed by atoms with E-state index in [2.05, 4.69) is 15.3 Å². The summed E-state index contributed by atoms with van der Waals surface area (Å²) in [5.74, 6) is -0.723. The van der Waals surface area contributed by atoms with E-state index in [1.54, 1.807) is 6.07 Å². The number of ether oxygens (including phenoxy) is 1. The maximum atomic E-state index is 12.9. The van der Waals surface area contributed by atoms with Crippen LogP contribution in [-0.4, -0.2) is 57.3 Å². The van der Waals surface area contributed by atoms with E-state index in [0.717, 1.165) is 12.8 Å². The predicted molar refractivity (Wildman–Crippen MR) is 74.1 cm³/mol. The normalized spacial score (nSPS) is 19.5. The van der Waals surface area contributed by atoms with Crippen LogP contribution in [0, 0.1) is 0 Å². The van der Waals surface area contributed by atoms with Crippen LogP contribution in [0.15, 0.2) is 12.1 Å². The van der Waals surface area contributed by atoms with Gasteiger partial charge in [0.05, 0.1) is 19.3 Å². The summed E-state index contributed by atoms with van der Waals surface area (Å²) in [7, 11) is 0. The number of fused-ring (bicyclic) bond motifs is 1. The van der Waals surface area contributed by atoms with Crippen molar-refractivity contribution >= 4 is 11.5 Å². The van der Waals surface area contributed by atoms with E-state index in [1.165, 1.54) is 6.07 Å². The van der Waals surface area contributed by atoms with Crippen LogP contribution in [0.3, 0.4) is 0 Å². The van der Waals surface area contributed by atoms with E-state index in [-0.39, 0.29) is 25.0 Å². The third-order valence-corrected chi connectivity index (χ3v) is 3.65. The van der Waals surface area contributed by atoms with Crippen LogP contribution in [0.5, 0.6) is 0 Å². The molecule has 1 aliphatic rings. The highest BCUT2D eigenvalue weighted by Gasteiger charge is 2.37. The average Bonchev–Trinajstić information content (AvgIpc) is 2.96. The minimum absolute atomic E-state index is 0.0474. The zero-order valence-corrected chi connectivity index (χ0v) is 12.2. The number of nitrogens with zero attached hydrogens (tertiary/aromatic N) is 5. The lowest BCUT2D eigenvalue weighted by molar-refractivity contribution is -0.146. The van der Waals surface area contributed by atoms with Gasteiger partial charge in [-0.3, -0.25) is 0 Å². The Bertz CT molecular complexity index is 675. The summed E-state index contributed by atoms with van der Waals surface area (Å²) in [6, 6.07) is 3.08. The quantitative estimate of drug-likeness (QED) is 0.905. The molecule has 1 unspecified atom stereocenters. The van der Waals surface area contributed by atoms with Gasteiger partial charge in [0.1, 0.15) is 5.82 Å². The average molecular weight is 331 g/mol. The summed E-state index contributed by atoms with van der Waals surface area (Å²) >= 11 is 0. The van der Waals surface area contributed by atoms with E-state index in [4.69, 9.17) is 9.84 Å². The van der Waals surface area contributed by atoms with Crippen LogP contribution in [0.25, 0.3) is 5.65 Å². The molecule has 0 saturated carbocycles. The lowest BCUT2D eigenvalue weighted by Crippen LogP contribution is -2.40. The highest BCUT2D eigenvalue weighted by Crippen LogP contribution is 2.28. The van der Waals surface area contributed by atoms with Gasteiger partial charge in [-0.25, -0.2) is 0 Å². The maximum absolute atomic E-state index is 12.9. The molecule has 2 aromatic heterocycles. The monoisotopic (exact) mass is 331 g/mol. The first-order chi connectivity index (χ1) is 11.0. The number of alkyl halides is 3. The topological polar surface area (TPSA) is 75.8 Å². The van der Waals surface area contributed by atoms with Gasteiger partial charge in [0, 0.05) is 13.1 Å². The van der Waals surface area contributed by atoms with Crippen molar-refractivity contribution in [2.45, 2.75) is 25.1 Å². The Kier molecular flexibility index (Phi) is 4.35. The molecule has 3 rings (SSSR count). The fraction of sp³-hybridized carbons (Fsp3) is 0.615. The van der Waals surface area contributed by atoms with Crippen molar-refractivity contribution < 1.29 is 23.0 Å². The molecule has 0 spiro atoms. The van der Waals surface area contributed by atoms with E-state index < -0.39 is 12.0 Å². The molecule has 3 heterocycles. The zero-order chi connectivity index (χ0) is 16.4. The Morgan fingerprint density at radius 1 is 1.30 bits per heavy atom. The Hall–Kier alpha value is -1.94. The second-order valence-corrected chi connectivity index (χ2v) is 5.29. The molecule has 10 heteroatoms. The Morgan fingerprint density at radius 3 is 2.87 bits per heavy atom. The molecule has 0 aromatic carbocycles. The fourth-order valence-electron chi connectivity index (χ4n) is 2.63. The number of aromatic nitrogens is 4. The van der Waals surface area contributed by atoms with E-state index >= 15 is 0 Å². The minimum Gasteiger partial charge on any atom is -0.394 e.